The quantitative estimate of drug-likeness (QED) is 0.688. The smallest absolute Gasteiger partial charge is 0.227 e. The molecule has 0 spiro atoms. The topological polar surface area (TPSA) is 42.4 Å². The van der Waals surface area contributed by atoms with Gasteiger partial charge in [-0.2, -0.15) is 0 Å². The summed E-state index contributed by atoms with van der Waals surface area (Å²) in [5.74, 6) is 0.925. The van der Waals surface area contributed by atoms with E-state index < -0.39 is 0 Å². The largest absolute Gasteiger partial charge is 0.494 e. The van der Waals surface area contributed by atoms with Crippen molar-refractivity contribution in [2.45, 2.75) is 19.9 Å². The predicted octanol–water partition coefficient (Wildman–Crippen LogP) is 3.83. The summed E-state index contributed by atoms with van der Waals surface area (Å²) in [6.45, 7) is 3.18. The molecule has 0 radical (unpaired) electrons. The number of pyridine rings is 1. The maximum atomic E-state index is 12.6. The highest BCUT2D eigenvalue weighted by molar-refractivity contribution is 5.87. The second-order valence-corrected chi connectivity index (χ2v) is 6.00. The average Bonchev–Trinajstić information content (AvgIpc) is 2.64. The molecule has 0 atom stereocenters. The number of aromatic nitrogens is 1. The minimum Gasteiger partial charge on any atom is -0.494 e. The van der Waals surface area contributed by atoms with Crippen LogP contribution in [0.2, 0.25) is 0 Å². The number of para-hydroxylation sites is 1. The molecule has 3 rings (SSSR count). The third kappa shape index (κ3) is 4.15. The number of carbonyl (C=O) groups excluding carboxylic acids is 1. The van der Waals surface area contributed by atoms with Crippen molar-refractivity contribution >= 4 is 16.8 Å². The standard InChI is InChI=1S/C21H22N2O2/c1-3-25-19-11-9-16(10-12-19)15-23(2)20(24)14-18-7-4-6-17-8-5-13-22-21(17)18/h4-13H,3,14-15H2,1-2H3. The first-order chi connectivity index (χ1) is 12.2. The third-order valence-electron chi connectivity index (χ3n) is 4.14. The zero-order valence-corrected chi connectivity index (χ0v) is 14.6. The summed E-state index contributed by atoms with van der Waals surface area (Å²) in [5.41, 5.74) is 2.94. The molecule has 2 aromatic carbocycles. The van der Waals surface area contributed by atoms with E-state index in [2.05, 4.69) is 4.98 Å². The van der Waals surface area contributed by atoms with E-state index >= 15 is 0 Å². The van der Waals surface area contributed by atoms with Crippen LogP contribution >= 0.6 is 0 Å². The molecule has 4 heteroatoms. The van der Waals surface area contributed by atoms with Crippen molar-refractivity contribution in [1.29, 1.82) is 0 Å². The number of hydrogen-bond acceptors (Lipinski definition) is 3. The van der Waals surface area contributed by atoms with E-state index in [-0.39, 0.29) is 5.91 Å². The number of likely N-dealkylation sites (N-methyl/N-ethyl adjacent to an activating group) is 1. The number of fused-ring (bicyclic) bond motifs is 1. The molecule has 25 heavy (non-hydrogen) atoms. The van der Waals surface area contributed by atoms with Crippen LogP contribution in [0.4, 0.5) is 0 Å². The van der Waals surface area contributed by atoms with Gasteiger partial charge in [0.1, 0.15) is 5.75 Å². The summed E-state index contributed by atoms with van der Waals surface area (Å²) >= 11 is 0. The summed E-state index contributed by atoms with van der Waals surface area (Å²) in [4.78, 5) is 18.8. The average molecular weight is 334 g/mol. The van der Waals surface area contributed by atoms with E-state index in [1.165, 1.54) is 0 Å². The van der Waals surface area contributed by atoms with E-state index in [0.29, 0.717) is 19.6 Å². The van der Waals surface area contributed by atoms with E-state index in [9.17, 15) is 4.79 Å². The fourth-order valence-electron chi connectivity index (χ4n) is 2.83. The second-order valence-electron chi connectivity index (χ2n) is 6.00. The molecule has 4 nitrogen and oxygen atoms in total. The summed E-state index contributed by atoms with van der Waals surface area (Å²) in [7, 11) is 1.83. The molecule has 1 amide bonds. The van der Waals surface area contributed by atoms with Gasteiger partial charge in [0, 0.05) is 25.2 Å². The van der Waals surface area contributed by atoms with Crippen LogP contribution < -0.4 is 4.74 Å². The van der Waals surface area contributed by atoms with E-state index in [1.807, 2.05) is 68.6 Å². The molecule has 0 N–H and O–H groups in total. The normalized spacial score (nSPS) is 10.6. The molecule has 1 heterocycles. The highest BCUT2D eigenvalue weighted by atomic mass is 16.5. The van der Waals surface area contributed by atoms with Gasteiger partial charge in [-0.05, 0) is 36.2 Å². The monoisotopic (exact) mass is 334 g/mol. The number of hydrogen-bond donors (Lipinski definition) is 0. The first-order valence-corrected chi connectivity index (χ1v) is 8.45. The Morgan fingerprint density at radius 1 is 1.08 bits per heavy atom. The maximum absolute atomic E-state index is 12.6. The van der Waals surface area contributed by atoms with Crippen LogP contribution in [0.5, 0.6) is 5.75 Å². The highest BCUT2D eigenvalue weighted by Gasteiger charge is 2.12. The van der Waals surface area contributed by atoms with Crippen molar-refractivity contribution in [3.63, 3.8) is 0 Å². The van der Waals surface area contributed by atoms with Gasteiger partial charge < -0.3 is 9.64 Å². The Kier molecular flexibility index (Phi) is 5.29. The second kappa shape index (κ2) is 7.79. The summed E-state index contributed by atoms with van der Waals surface area (Å²) in [6.07, 6.45) is 2.11. The molecule has 128 valence electrons. The Morgan fingerprint density at radius 3 is 2.60 bits per heavy atom. The molecule has 1 aromatic heterocycles. The molecule has 0 saturated heterocycles. The molecular formula is C21H22N2O2. The maximum Gasteiger partial charge on any atom is 0.227 e. The molecule has 0 bridgehead atoms. The van der Waals surface area contributed by atoms with Crippen LogP contribution in [-0.2, 0) is 17.8 Å². The van der Waals surface area contributed by atoms with Gasteiger partial charge in [0.05, 0.1) is 18.5 Å². The van der Waals surface area contributed by atoms with Gasteiger partial charge in [0.25, 0.3) is 0 Å². The van der Waals surface area contributed by atoms with Crippen LogP contribution in [0.1, 0.15) is 18.1 Å². The Morgan fingerprint density at radius 2 is 1.84 bits per heavy atom. The minimum atomic E-state index is 0.0760. The Labute approximate surface area is 148 Å². The number of carbonyl (C=O) groups is 1. The fraction of sp³-hybridized carbons (Fsp3) is 0.238. The minimum absolute atomic E-state index is 0.0760. The van der Waals surface area contributed by atoms with Crippen molar-refractivity contribution in [2.75, 3.05) is 13.7 Å². The number of amides is 1. The fourth-order valence-corrected chi connectivity index (χ4v) is 2.83. The molecule has 0 aliphatic heterocycles. The third-order valence-corrected chi connectivity index (χ3v) is 4.14. The van der Waals surface area contributed by atoms with Crippen molar-refractivity contribution in [2.24, 2.45) is 0 Å². The lowest BCUT2D eigenvalue weighted by molar-refractivity contribution is -0.129. The number of nitrogens with zero attached hydrogens (tertiary/aromatic N) is 2. The lowest BCUT2D eigenvalue weighted by atomic mass is 10.1. The molecule has 3 aromatic rings. The van der Waals surface area contributed by atoms with Gasteiger partial charge in [-0.15, -0.1) is 0 Å². The van der Waals surface area contributed by atoms with E-state index in [4.69, 9.17) is 4.74 Å². The van der Waals surface area contributed by atoms with Gasteiger partial charge in [0.2, 0.25) is 5.91 Å². The van der Waals surface area contributed by atoms with Gasteiger partial charge >= 0.3 is 0 Å². The van der Waals surface area contributed by atoms with Crippen molar-refractivity contribution in [3.05, 3.63) is 71.9 Å². The zero-order chi connectivity index (χ0) is 17.6. The lowest BCUT2D eigenvalue weighted by Crippen LogP contribution is -2.27. The Balaban J connectivity index is 1.68. The van der Waals surface area contributed by atoms with Gasteiger partial charge in [-0.3, -0.25) is 9.78 Å². The molecule has 0 aliphatic carbocycles. The number of benzene rings is 2. The summed E-state index contributed by atoms with van der Waals surface area (Å²) in [5, 5.41) is 1.06. The van der Waals surface area contributed by atoms with Crippen molar-refractivity contribution in [1.82, 2.24) is 9.88 Å². The first kappa shape index (κ1) is 17.0. The van der Waals surface area contributed by atoms with Crippen LogP contribution in [0.25, 0.3) is 10.9 Å². The first-order valence-electron chi connectivity index (χ1n) is 8.45. The SMILES string of the molecule is CCOc1ccc(CN(C)C(=O)Cc2cccc3cccnc23)cc1. The summed E-state index contributed by atoms with van der Waals surface area (Å²) in [6, 6.07) is 17.7. The molecule has 0 fully saturated rings. The molecule has 0 unspecified atom stereocenters. The summed E-state index contributed by atoms with van der Waals surface area (Å²) < 4.78 is 5.45. The Hall–Kier alpha value is -2.88. The number of ether oxygens (including phenoxy) is 1. The lowest BCUT2D eigenvalue weighted by Gasteiger charge is -2.18. The van der Waals surface area contributed by atoms with Crippen molar-refractivity contribution in [3.8, 4) is 5.75 Å². The van der Waals surface area contributed by atoms with Gasteiger partial charge in [0.15, 0.2) is 0 Å². The van der Waals surface area contributed by atoms with Crippen LogP contribution in [-0.4, -0.2) is 29.4 Å². The van der Waals surface area contributed by atoms with Crippen LogP contribution in [0, 0.1) is 0 Å². The number of rotatable bonds is 6. The van der Waals surface area contributed by atoms with Gasteiger partial charge in [-0.1, -0.05) is 36.4 Å². The van der Waals surface area contributed by atoms with Crippen molar-refractivity contribution < 1.29 is 9.53 Å². The molecular weight excluding hydrogens is 312 g/mol. The van der Waals surface area contributed by atoms with Crippen LogP contribution in [0.3, 0.4) is 0 Å². The molecule has 0 saturated carbocycles. The van der Waals surface area contributed by atoms with E-state index in [1.54, 1.807) is 11.1 Å². The van der Waals surface area contributed by atoms with Crippen LogP contribution in [0.15, 0.2) is 60.8 Å². The highest BCUT2D eigenvalue weighted by Crippen LogP contribution is 2.18. The molecule has 0 aliphatic rings. The zero-order valence-electron chi connectivity index (χ0n) is 14.6. The van der Waals surface area contributed by atoms with Gasteiger partial charge in [-0.25, -0.2) is 0 Å². The predicted molar refractivity (Wildman–Crippen MR) is 99.5 cm³/mol. The van der Waals surface area contributed by atoms with E-state index in [0.717, 1.165) is 27.8 Å². The Bertz CT molecular complexity index is 854.